The van der Waals surface area contributed by atoms with Crippen LogP contribution in [0, 0.1) is 11.8 Å². The van der Waals surface area contributed by atoms with Crippen LogP contribution in [0.5, 0.6) is 0 Å². The Morgan fingerprint density at radius 3 is 2.85 bits per heavy atom. The molecule has 13 heavy (non-hydrogen) atoms. The molecule has 68 valence electrons. The van der Waals surface area contributed by atoms with E-state index in [4.69, 9.17) is 11.6 Å². The minimum atomic E-state index is 0.518. The van der Waals surface area contributed by atoms with Crippen LogP contribution in [0.2, 0.25) is 0 Å². The molecular formula is C11H12ClN. The predicted octanol–water partition coefficient (Wildman–Crippen LogP) is 2.00. The van der Waals surface area contributed by atoms with E-state index in [1.165, 1.54) is 0 Å². The molecule has 2 heteroatoms. The van der Waals surface area contributed by atoms with Gasteiger partial charge in [0.25, 0.3) is 0 Å². The Morgan fingerprint density at radius 2 is 2.15 bits per heavy atom. The zero-order valence-electron chi connectivity index (χ0n) is 7.60. The van der Waals surface area contributed by atoms with Gasteiger partial charge < -0.3 is 5.32 Å². The normalized spacial score (nSPS) is 9.08. The van der Waals surface area contributed by atoms with Gasteiger partial charge in [0, 0.05) is 11.4 Å². The zero-order chi connectivity index (χ0) is 9.52. The molecule has 0 aliphatic carbocycles. The fourth-order valence-corrected chi connectivity index (χ4v) is 1.22. The number of hydrogen-bond acceptors (Lipinski definition) is 1. The van der Waals surface area contributed by atoms with E-state index in [9.17, 15) is 0 Å². The maximum Gasteiger partial charge on any atom is 0.0577 e. The van der Waals surface area contributed by atoms with Crippen LogP contribution < -0.4 is 5.32 Å². The molecule has 0 spiro atoms. The molecule has 0 unspecified atom stereocenters. The van der Waals surface area contributed by atoms with E-state index in [0.29, 0.717) is 12.4 Å². The van der Waals surface area contributed by atoms with E-state index in [0.717, 1.165) is 11.1 Å². The number of benzene rings is 1. The van der Waals surface area contributed by atoms with Crippen molar-refractivity contribution in [3.8, 4) is 11.8 Å². The largest absolute Gasteiger partial charge is 0.309 e. The fourth-order valence-electron chi connectivity index (χ4n) is 0.987. The third-order valence-electron chi connectivity index (χ3n) is 1.65. The second kappa shape index (κ2) is 5.64. The zero-order valence-corrected chi connectivity index (χ0v) is 8.36. The van der Waals surface area contributed by atoms with Crippen LogP contribution in [0.3, 0.4) is 0 Å². The average molecular weight is 194 g/mol. The molecule has 1 aromatic carbocycles. The van der Waals surface area contributed by atoms with Crippen LogP contribution in [0.25, 0.3) is 0 Å². The van der Waals surface area contributed by atoms with Crippen LogP contribution in [0.1, 0.15) is 11.1 Å². The number of alkyl halides is 1. The van der Waals surface area contributed by atoms with Crippen LogP contribution in [-0.4, -0.2) is 13.6 Å². The van der Waals surface area contributed by atoms with Crippen LogP contribution >= 0.6 is 11.6 Å². The lowest BCUT2D eigenvalue weighted by Crippen LogP contribution is -2.04. The standard InChI is InChI=1S/C11H12ClN/c1-13-8-4-7-10-5-2-3-6-11(10)9-12/h2-3,5-6,13H,8-9H2,1H3. The van der Waals surface area contributed by atoms with Gasteiger partial charge >= 0.3 is 0 Å². The molecule has 0 atom stereocenters. The van der Waals surface area contributed by atoms with Gasteiger partial charge in [0.05, 0.1) is 6.54 Å². The van der Waals surface area contributed by atoms with Crippen molar-refractivity contribution in [1.82, 2.24) is 5.32 Å². The molecule has 0 fully saturated rings. The van der Waals surface area contributed by atoms with E-state index in [-0.39, 0.29) is 0 Å². The number of rotatable bonds is 2. The first-order valence-corrected chi connectivity index (χ1v) is 4.69. The monoisotopic (exact) mass is 193 g/mol. The van der Waals surface area contributed by atoms with Crippen molar-refractivity contribution in [3.63, 3.8) is 0 Å². The van der Waals surface area contributed by atoms with Gasteiger partial charge in [0.1, 0.15) is 0 Å². The molecular weight excluding hydrogens is 182 g/mol. The minimum absolute atomic E-state index is 0.518. The summed E-state index contributed by atoms with van der Waals surface area (Å²) in [5, 5.41) is 2.97. The molecule has 0 saturated carbocycles. The van der Waals surface area contributed by atoms with Gasteiger partial charge in [-0.2, -0.15) is 0 Å². The summed E-state index contributed by atoms with van der Waals surface area (Å²) in [5.74, 6) is 6.59. The lowest BCUT2D eigenvalue weighted by atomic mass is 10.1. The lowest BCUT2D eigenvalue weighted by molar-refractivity contribution is 0.938. The van der Waals surface area contributed by atoms with Crippen molar-refractivity contribution in [2.45, 2.75) is 5.88 Å². The molecule has 1 aromatic rings. The van der Waals surface area contributed by atoms with Crippen molar-refractivity contribution in [2.24, 2.45) is 0 Å². The van der Waals surface area contributed by atoms with Crippen LogP contribution in [0.4, 0.5) is 0 Å². The summed E-state index contributed by atoms with van der Waals surface area (Å²) in [5.41, 5.74) is 2.11. The third-order valence-corrected chi connectivity index (χ3v) is 1.94. The smallest absolute Gasteiger partial charge is 0.0577 e. The Bertz CT molecular complexity index is 322. The van der Waals surface area contributed by atoms with Gasteiger partial charge in [-0.3, -0.25) is 0 Å². The summed E-state index contributed by atoms with van der Waals surface area (Å²) in [7, 11) is 1.88. The van der Waals surface area contributed by atoms with Crippen molar-refractivity contribution in [3.05, 3.63) is 35.4 Å². The Morgan fingerprint density at radius 1 is 1.38 bits per heavy atom. The highest BCUT2D eigenvalue weighted by molar-refractivity contribution is 6.17. The molecule has 0 radical (unpaired) electrons. The summed E-state index contributed by atoms with van der Waals surface area (Å²) < 4.78 is 0. The second-order valence-corrected chi connectivity index (χ2v) is 2.89. The lowest BCUT2D eigenvalue weighted by Gasteiger charge is -1.97. The highest BCUT2D eigenvalue weighted by atomic mass is 35.5. The highest BCUT2D eigenvalue weighted by Crippen LogP contribution is 2.09. The van der Waals surface area contributed by atoms with Gasteiger partial charge in [-0.05, 0) is 18.7 Å². The molecule has 0 aromatic heterocycles. The molecule has 0 saturated heterocycles. The maximum atomic E-state index is 5.76. The Hall–Kier alpha value is -0.970. The van der Waals surface area contributed by atoms with Crippen molar-refractivity contribution < 1.29 is 0 Å². The van der Waals surface area contributed by atoms with Crippen LogP contribution in [0.15, 0.2) is 24.3 Å². The number of nitrogens with one attached hydrogen (secondary N) is 1. The second-order valence-electron chi connectivity index (χ2n) is 2.62. The molecule has 0 heterocycles. The number of hydrogen-bond donors (Lipinski definition) is 1. The summed E-state index contributed by atoms with van der Waals surface area (Å²) in [4.78, 5) is 0. The minimum Gasteiger partial charge on any atom is -0.309 e. The van der Waals surface area contributed by atoms with Crippen molar-refractivity contribution in [2.75, 3.05) is 13.6 Å². The van der Waals surface area contributed by atoms with Crippen molar-refractivity contribution >= 4 is 11.6 Å². The third kappa shape index (κ3) is 3.10. The van der Waals surface area contributed by atoms with Gasteiger partial charge in [0.2, 0.25) is 0 Å². The molecule has 0 amide bonds. The SMILES string of the molecule is CNCC#Cc1ccccc1CCl. The van der Waals surface area contributed by atoms with E-state index in [2.05, 4.69) is 17.2 Å². The average Bonchev–Trinajstić information content (AvgIpc) is 2.19. The van der Waals surface area contributed by atoms with Gasteiger partial charge in [-0.15, -0.1) is 11.6 Å². The molecule has 0 bridgehead atoms. The van der Waals surface area contributed by atoms with E-state index in [1.54, 1.807) is 0 Å². The van der Waals surface area contributed by atoms with Gasteiger partial charge in [0.15, 0.2) is 0 Å². The first-order valence-electron chi connectivity index (χ1n) is 4.16. The molecule has 0 aliphatic rings. The highest BCUT2D eigenvalue weighted by Gasteiger charge is 1.94. The Balaban J connectivity index is 2.82. The number of halogens is 1. The first kappa shape index (κ1) is 10.1. The van der Waals surface area contributed by atoms with Gasteiger partial charge in [-0.25, -0.2) is 0 Å². The van der Waals surface area contributed by atoms with Crippen LogP contribution in [-0.2, 0) is 5.88 Å². The Kier molecular flexibility index (Phi) is 4.39. The molecule has 1 rings (SSSR count). The van der Waals surface area contributed by atoms with E-state index >= 15 is 0 Å². The summed E-state index contributed by atoms with van der Waals surface area (Å²) in [6, 6.07) is 7.93. The summed E-state index contributed by atoms with van der Waals surface area (Å²) >= 11 is 5.76. The summed E-state index contributed by atoms with van der Waals surface area (Å²) in [6.07, 6.45) is 0. The molecule has 0 aliphatic heterocycles. The fraction of sp³-hybridized carbons (Fsp3) is 0.273. The molecule has 1 N–H and O–H groups in total. The topological polar surface area (TPSA) is 12.0 Å². The summed E-state index contributed by atoms with van der Waals surface area (Å²) in [6.45, 7) is 0.705. The molecule has 1 nitrogen and oxygen atoms in total. The van der Waals surface area contributed by atoms with Gasteiger partial charge in [-0.1, -0.05) is 30.0 Å². The van der Waals surface area contributed by atoms with E-state index < -0.39 is 0 Å². The Labute approximate surface area is 84.1 Å². The first-order chi connectivity index (χ1) is 6.38. The maximum absolute atomic E-state index is 5.76. The van der Waals surface area contributed by atoms with Crippen molar-refractivity contribution in [1.29, 1.82) is 0 Å². The quantitative estimate of drug-likeness (QED) is 0.560. The van der Waals surface area contributed by atoms with E-state index in [1.807, 2.05) is 31.3 Å². The predicted molar refractivity (Wildman–Crippen MR) is 56.8 cm³/mol.